The SMILES string of the molecule is CN(Cc1cc2nc(-c3ccc(C#N)cc3)nc(N3CCOCC3)c2s1)c1ncc(C(=O)NO)cn1. The number of benzene rings is 1. The van der Waals surface area contributed by atoms with Crippen molar-refractivity contribution in [2.45, 2.75) is 6.54 Å². The van der Waals surface area contributed by atoms with Gasteiger partial charge in [0.05, 0.1) is 47.2 Å². The highest BCUT2D eigenvalue weighted by molar-refractivity contribution is 7.19. The predicted molar refractivity (Wildman–Crippen MR) is 134 cm³/mol. The molecule has 0 spiro atoms. The number of hydrogen-bond acceptors (Lipinski definition) is 11. The Morgan fingerprint density at radius 3 is 2.61 bits per heavy atom. The molecule has 1 saturated heterocycles. The maximum atomic E-state index is 11.5. The van der Waals surface area contributed by atoms with Crippen molar-refractivity contribution in [3.8, 4) is 17.5 Å². The van der Waals surface area contributed by atoms with Crippen LogP contribution in [0.15, 0.2) is 42.7 Å². The van der Waals surface area contributed by atoms with Gasteiger partial charge in [0.1, 0.15) is 0 Å². The summed E-state index contributed by atoms with van der Waals surface area (Å²) in [5.74, 6) is 1.25. The van der Waals surface area contributed by atoms with Crippen LogP contribution >= 0.6 is 11.3 Å². The number of hydrogen-bond donors (Lipinski definition) is 2. The Balaban J connectivity index is 1.48. The van der Waals surface area contributed by atoms with Crippen molar-refractivity contribution in [1.82, 2.24) is 25.4 Å². The number of nitrogens with one attached hydrogen (secondary N) is 1. The molecule has 36 heavy (non-hydrogen) atoms. The summed E-state index contributed by atoms with van der Waals surface area (Å²) < 4.78 is 6.53. The third-order valence-corrected chi connectivity index (χ3v) is 6.83. The monoisotopic (exact) mass is 502 g/mol. The smallest absolute Gasteiger partial charge is 0.277 e. The predicted octanol–water partition coefficient (Wildman–Crippen LogP) is 2.61. The van der Waals surface area contributed by atoms with E-state index in [1.54, 1.807) is 28.9 Å². The van der Waals surface area contributed by atoms with E-state index in [2.05, 4.69) is 20.9 Å². The first kappa shape index (κ1) is 23.6. The molecule has 3 aromatic heterocycles. The Labute approximate surface area is 210 Å². The first-order valence-electron chi connectivity index (χ1n) is 11.2. The van der Waals surface area contributed by atoms with Gasteiger partial charge in [0, 0.05) is 43.0 Å². The Kier molecular flexibility index (Phi) is 6.68. The molecule has 2 N–H and O–H groups in total. The lowest BCUT2D eigenvalue weighted by molar-refractivity contribution is 0.0705. The number of carbonyl (C=O) groups excluding carboxylic acids is 1. The van der Waals surface area contributed by atoms with E-state index in [4.69, 9.17) is 25.2 Å². The fourth-order valence-corrected chi connectivity index (χ4v) is 5.03. The first-order chi connectivity index (χ1) is 17.6. The number of anilines is 2. The number of nitriles is 1. The molecule has 1 amide bonds. The van der Waals surface area contributed by atoms with Crippen molar-refractivity contribution in [2.75, 3.05) is 43.2 Å². The van der Waals surface area contributed by atoms with E-state index in [0.29, 0.717) is 37.1 Å². The Morgan fingerprint density at radius 1 is 1.22 bits per heavy atom. The number of amides is 1. The van der Waals surface area contributed by atoms with Gasteiger partial charge in [-0.3, -0.25) is 10.0 Å². The summed E-state index contributed by atoms with van der Waals surface area (Å²) >= 11 is 1.62. The molecule has 1 aliphatic heterocycles. The van der Waals surface area contributed by atoms with Gasteiger partial charge in [0.15, 0.2) is 11.6 Å². The zero-order chi connectivity index (χ0) is 25.1. The molecule has 4 aromatic rings. The highest BCUT2D eigenvalue weighted by Gasteiger charge is 2.21. The number of thiophene rings is 1. The van der Waals surface area contributed by atoms with E-state index in [1.165, 1.54) is 12.4 Å². The molecular formula is C24H22N8O3S. The molecule has 1 aliphatic rings. The Bertz CT molecular complexity index is 1430. The summed E-state index contributed by atoms with van der Waals surface area (Å²) in [6, 6.07) is 11.4. The maximum absolute atomic E-state index is 11.5. The van der Waals surface area contributed by atoms with Gasteiger partial charge in [-0.2, -0.15) is 5.26 Å². The molecular weight excluding hydrogens is 480 g/mol. The summed E-state index contributed by atoms with van der Waals surface area (Å²) in [5.41, 5.74) is 4.00. The molecule has 1 fully saturated rings. The third-order valence-electron chi connectivity index (χ3n) is 5.72. The molecule has 0 unspecified atom stereocenters. The Morgan fingerprint density at radius 2 is 1.94 bits per heavy atom. The summed E-state index contributed by atoms with van der Waals surface area (Å²) in [7, 11) is 1.86. The molecule has 5 rings (SSSR count). The van der Waals surface area contributed by atoms with Crippen molar-refractivity contribution in [3.05, 3.63) is 58.7 Å². The highest BCUT2D eigenvalue weighted by Crippen LogP contribution is 2.35. The quantitative estimate of drug-likeness (QED) is 0.299. The van der Waals surface area contributed by atoms with Crippen LogP contribution in [0.2, 0.25) is 0 Å². The zero-order valence-electron chi connectivity index (χ0n) is 19.4. The van der Waals surface area contributed by atoms with E-state index >= 15 is 0 Å². The second-order valence-corrected chi connectivity index (χ2v) is 9.29. The number of hydroxylamine groups is 1. The molecule has 0 radical (unpaired) electrons. The van der Waals surface area contributed by atoms with Crippen LogP contribution in [0, 0.1) is 11.3 Å². The fourth-order valence-electron chi connectivity index (χ4n) is 3.86. The topological polar surface area (TPSA) is 140 Å². The average Bonchev–Trinajstić information content (AvgIpc) is 3.35. The summed E-state index contributed by atoms with van der Waals surface area (Å²) in [6.45, 7) is 3.29. The lowest BCUT2D eigenvalue weighted by Gasteiger charge is -2.28. The number of fused-ring (bicyclic) bond motifs is 1. The van der Waals surface area contributed by atoms with Crippen LogP contribution in [0.1, 0.15) is 20.8 Å². The number of carbonyl (C=O) groups is 1. The molecule has 0 aliphatic carbocycles. The van der Waals surface area contributed by atoms with E-state index < -0.39 is 5.91 Å². The second-order valence-electron chi connectivity index (χ2n) is 8.16. The van der Waals surface area contributed by atoms with Crippen molar-refractivity contribution < 1.29 is 14.7 Å². The number of morpholine rings is 1. The van der Waals surface area contributed by atoms with Crippen molar-refractivity contribution in [3.63, 3.8) is 0 Å². The standard InChI is InChI=1S/C24H22N8O3S/c1-31(24-26-12-17(13-27-24)23(33)30-34)14-18-10-19-20(36-18)22(32-6-8-35-9-7-32)29-21(28-19)16-4-2-15(11-25)3-5-16/h2-5,10,12-13,34H,6-9,14H2,1H3,(H,30,33). The summed E-state index contributed by atoms with van der Waals surface area (Å²) in [6.07, 6.45) is 2.72. The van der Waals surface area contributed by atoms with Gasteiger partial charge in [-0.25, -0.2) is 25.4 Å². The largest absolute Gasteiger partial charge is 0.378 e. The third kappa shape index (κ3) is 4.80. The molecule has 0 saturated carbocycles. The highest BCUT2D eigenvalue weighted by atomic mass is 32.1. The van der Waals surface area contributed by atoms with Crippen LogP contribution in [0.5, 0.6) is 0 Å². The van der Waals surface area contributed by atoms with Crippen LogP contribution < -0.4 is 15.3 Å². The number of ether oxygens (including phenoxy) is 1. The Hall–Kier alpha value is -4.18. The fraction of sp³-hybridized carbons (Fsp3) is 0.250. The molecule has 11 nitrogen and oxygen atoms in total. The van der Waals surface area contributed by atoms with Crippen molar-refractivity contribution in [1.29, 1.82) is 5.26 Å². The van der Waals surface area contributed by atoms with Gasteiger partial charge >= 0.3 is 0 Å². The number of nitrogens with zero attached hydrogens (tertiary/aromatic N) is 7. The number of aromatic nitrogens is 4. The molecule has 0 atom stereocenters. The lowest BCUT2D eigenvalue weighted by Crippen LogP contribution is -2.36. The van der Waals surface area contributed by atoms with Crippen LogP contribution in [0.25, 0.3) is 21.6 Å². The van der Waals surface area contributed by atoms with Gasteiger partial charge in [-0.1, -0.05) is 0 Å². The summed E-state index contributed by atoms with van der Waals surface area (Å²) in [5, 5.41) is 17.9. The minimum absolute atomic E-state index is 0.164. The van der Waals surface area contributed by atoms with Gasteiger partial charge in [-0.05, 0) is 30.3 Å². The van der Waals surface area contributed by atoms with Gasteiger partial charge in [0.25, 0.3) is 5.91 Å². The number of rotatable bonds is 6. The molecule has 0 bridgehead atoms. The van der Waals surface area contributed by atoms with E-state index in [-0.39, 0.29) is 5.56 Å². The minimum Gasteiger partial charge on any atom is -0.378 e. The van der Waals surface area contributed by atoms with Crippen LogP contribution in [-0.2, 0) is 11.3 Å². The minimum atomic E-state index is -0.666. The van der Waals surface area contributed by atoms with Gasteiger partial charge < -0.3 is 14.5 Å². The molecule has 1 aromatic carbocycles. The second kappa shape index (κ2) is 10.2. The maximum Gasteiger partial charge on any atom is 0.277 e. The average molecular weight is 503 g/mol. The molecule has 12 heteroatoms. The van der Waals surface area contributed by atoms with E-state index in [1.807, 2.05) is 30.1 Å². The van der Waals surface area contributed by atoms with Gasteiger partial charge in [0.2, 0.25) is 5.95 Å². The van der Waals surface area contributed by atoms with Crippen molar-refractivity contribution >= 4 is 39.2 Å². The zero-order valence-corrected chi connectivity index (χ0v) is 20.2. The normalized spacial score (nSPS) is 13.4. The van der Waals surface area contributed by atoms with Crippen molar-refractivity contribution in [2.24, 2.45) is 0 Å². The van der Waals surface area contributed by atoms with E-state index in [9.17, 15) is 4.79 Å². The lowest BCUT2D eigenvalue weighted by atomic mass is 10.1. The van der Waals surface area contributed by atoms with Crippen LogP contribution in [0.4, 0.5) is 11.8 Å². The molecule has 182 valence electrons. The molecule has 4 heterocycles. The van der Waals surface area contributed by atoms with Gasteiger partial charge in [-0.15, -0.1) is 11.3 Å². The van der Waals surface area contributed by atoms with Crippen LogP contribution in [0.3, 0.4) is 0 Å². The summed E-state index contributed by atoms with van der Waals surface area (Å²) in [4.78, 5) is 34.9. The van der Waals surface area contributed by atoms with Crippen LogP contribution in [-0.4, -0.2) is 64.4 Å². The first-order valence-corrected chi connectivity index (χ1v) is 12.0. The van der Waals surface area contributed by atoms with E-state index in [0.717, 1.165) is 39.6 Å².